The normalized spacial score (nSPS) is 21.9. The number of anilines is 1. The van der Waals surface area contributed by atoms with Crippen LogP contribution < -0.4 is 4.90 Å². The lowest BCUT2D eigenvalue weighted by molar-refractivity contribution is 0.174. The Hall–Kier alpha value is -1.02. The average Bonchev–Trinajstić information content (AvgIpc) is 2.72. The zero-order valence-electron chi connectivity index (χ0n) is 13.2. The van der Waals surface area contributed by atoms with E-state index in [0.29, 0.717) is 0 Å². The number of rotatable bonds is 4. The molecular formula is C18H29NO. The Kier molecular flexibility index (Phi) is 5.47. The van der Waals surface area contributed by atoms with Gasteiger partial charge in [0.25, 0.3) is 0 Å². The van der Waals surface area contributed by atoms with Gasteiger partial charge in [-0.15, -0.1) is 0 Å². The summed E-state index contributed by atoms with van der Waals surface area (Å²) in [6, 6.07) is 8.37. The highest BCUT2D eigenvalue weighted by atomic mass is 16.3. The van der Waals surface area contributed by atoms with E-state index in [1.807, 2.05) is 13.0 Å². The minimum Gasteiger partial charge on any atom is -0.388 e. The van der Waals surface area contributed by atoms with Crippen LogP contribution in [0.5, 0.6) is 0 Å². The van der Waals surface area contributed by atoms with Crippen LogP contribution in [0.15, 0.2) is 24.3 Å². The molecule has 1 heterocycles. The van der Waals surface area contributed by atoms with Crippen LogP contribution in [-0.2, 0) is 0 Å². The summed E-state index contributed by atoms with van der Waals surface area (Å²) in [6.45, 7) is 8.97. The van der Waals surface area contributed by atoms with E-state index in [0.717, 1.165) is 36.9 Å². The molecule has 1 N–H and O–H groups in total. The molecule has 1 fully saturated rings. The highest BCUT2D eigenvalue weighted by molar-refractivity contribution is 5.54. The number of hydrogen-bond acceptors (Lipinski definition) is 2. The molecule has 2 heteroatoms. The molecule has 112 valence electrons. The lowest BCUT2D eigenvalue weighted by Crippen LogP contribution is -2.26. The fourth-order valence-corrected chi connectivity index (χ4v) is 3.31. The topological polar surface area (TPSA) is 23.5 Å². The monoisotopic (exact) mass is 275 g/mol. The van der Waals surface area contributed by atoms with Gasteiger partial charge in [0.2, 0.25) is 0 Å². The van der Waals surface area contributed by atoms with Gasteiger partial charge in [-0.3, -0.25) is 0 Å². The van der Waals surface area contributed by atoms with E-state index in [2.05, 4.69) is 36.9 Å². The van der Waals surface area contributed by atoms with Crippen LogP contribution in [0.1, 0.15) is 58.1 Å². The molecule has 1 saturated heterocycles. The maximum atomic E-state index is 10.2. The predicted molar refractivity (Wildman–Crippen MR) is 86.1 cm³/mol. The molecule has 0 bridgehead atoms. The number of hydrogen-bond donors (Lipinski definition) is 1. The smallest absolute Gasteiger partial charge is 0.0807 e. The average molecular weight is 275 g/mol. The second-order valence-corrected chi connectivity index (χ2v) is 6.40. The minimum atomic E-state index is -0.338. The van der Waals surface area contributed by atoms with Crippen LogP contribution in [0, 0.1) is 11.8 Å². The van der Waals surface area contributed by atoms with Crippen molar-refractivity contribution in [1.82, 2.24) is 0 Å². The predicted octanol–water partition coefficient (Wildman–Crippen LogP) is 4.39. The van der Waals surface area contributed by atoms with Crippen molar-refractivity contribution >= 4 is 5.69 Å². The SMILES string of the molecule is CCC(O)c1ccccc1N1CCCC(C(C)C)CC1. The van der Waals surface area contributed by atoms with Gasteiger partial charge in [-0.2, -0.15) is 0 Å². The Morgan fingerprint density at radius 1 is 1.20 bits per heavy atom. The van der Waals surface area contributed by atoms with Crippen molar-refractivity contribution in [3.63, 3.8) is 0 Å². The summed E-state index contributed by atoms with van der Waals surface area (Å²) >= 11 is 0. The lowest BCUT2D eigenvalue weighted by atomic mass is 9.89. The van der Waals surface area contributed by atoms with Gasteiger partial charge in [-0.05, 0) is 43.6 Å². The quantitative estimate of drug-likeness (QED) is 0.880. The molecule has 1 aromatic carbocycles. The number of nitrogens with zero attached hydrogens (tertiary/aromatic N) is 1. The van der Waals surface area contributed by atoms with Crippen molar-refractivity contribution in [2.24, 2.45) is 11.8 Å². The first-order chi connectivity index (χ1) is 9.63. The molecule has 1 aliphatic rings. The highest BCUT2D eigenvalue weighted by Crippen LogP contribution is 2.32. The van der Waals surface area contributed by atoms with Crippen LogP contribution in [-0.4, -0.2) is 18.2 Å². The molecule has 20 heavy (non-hydrogen) atoms. The standard InChI is InChI=1S/C18H29NO/c1-4-18(20)16-9-5-6-10-17(16)19-12-7-8-15(11-13-19)14(2)3/h5-6,9-10,14-15,18,20H,4,7-8,11-13H2,1-3H3. The molecule has 1 aromatic rings. The van der Waals surface area contributed by atoms with Crippen LogP contribution in [0.25, 0.3) is 0 Å². The van der Waals surface area contributed by atoms with E-state index >= 15 is 0 Å². The molecule has 0 saturated carbocycles. The van der Waals surface area contributed by atoms with Crippen molar-refractivity contribution in [3.05, 3.63) is 29.8 Å². The van der Waals surface area contributed by atoms with Gasteiger partial charge in [0.15, 0.2) is 0 Å². The van der Waals surface area contributed by atoms with E-state index in [-0.39, 0.29) is 6.10 Å². The summed E-state index contributed by atoms with van der Waals surface area (Å²) < 4.78 is 0. The zero-order chi connectivity index (χ0) is 14.5. The Balaban J connectivity index is 2.15. The van der Waals surface area contributed by atoms with Gasteiger partial charge >= 0.3 is 0 Å². The molecule has 2 rings (SSSR count). The summed E-state index contributed by atoms with van der Waals surface area (Å²) in [5.74, 6) is 1.63. The molecule has 0 spiro atoms. The van der Waals surface area contributed by atoms with E-state index in [1.165, 1.54) is 24.9 Å². The largest absolute Gasteiger partial charge is 0.388 e. The Bertz CT molecular complexity index is 416. The fourth-order valence-electron chi connectivity index (χ4n) is 3.31. The molecule has 0 aromatic heterocycles. The van der Waals surface area contributed by atoms with Crippen molar-refractivity contribution in [2.75, 3.05) is 18.0 Å². The lowest BCUT2D eigenvalue weighted by Gasteiger charge is -2.27. The Morgan fingerprint density at radius 3 is 2.65 bits per heavy atom. The fraction of sp³-hybridized carbons (Fsp3) is 0.667. The third-order valence-corrected chi connectivity index (χ3v) is 4.74. The number of para-hydroxylation sites is 1. The first kappa shape index (κ1) is 15.4. The molecular weight excluding hydrogens is 246 g/mol. The molecule has 2 unspecified atom stereocenters. The van der Waals surface area contributed by atoms with Crippen LogP contribution >= 0.6 is 0 Å². The van der Waals surface area contributed by atoms with E-state index in [1.54, 1.807) is 0 Å². The van der Waals surface area contributed by atoms with Crippen molar-refractivity contribution in [2.45, 2.75) is 52.6 Å². The molecule has 1 aliphatic heterocycles. The second kappa shape index (κ2) is 7.12. The van der Waals surface area contributed by atoms with Gasteiger partial charge < -0.3 is 10.0 Å². The van der Waals surface area contributed by atoms with Crippen molar-refractivity contribution in [3.8, 4) is 0 Å². The summed E-state index contributed by atoms with van der Waals surface area (Å²) in [5.41, 5.74) is 2.34. The maximum absolute atomic E-state index is 10.2. The zero-order valence-corrected chi connectivity index (χ0v) is 13.2. The first-order valence-electron chi connectivity index (χ1n) is 8.15. The molecule has 0 amide bonds. The third kappa shape index (κ3) is 3.54. The summed E-state index contributed by atoms with van der Waals surface area (Å²) in [4.78, 5) is 2.48. The number of aliphatic hydroxyl groups excluding tert-OH is 1. The van der Waals surface area contributed by atoms with Crippen molar-refractivity contribution < 1.29 is 5.11 Å². The molecule has 2 nitrogen and oxygen atoms in total. The number of benzene rings is 1. The first-order valence-corrected chi connectivity index (χ1v) is 8.15. The van der Waals surface area contributed by atoms with Crippen LogP contribution in [0.3, 0.4) is 0 Å². The van der Waals surface area contributed by atoms with Crippen molar-refractivity contribution in [1.29, 1.82) is 0 Å². The van der Waals surface area contributed by atoms with Gasteiger partial charge in [-0.25, -0.2) is 0 Å². The summed E-state index contributed by atoms with van der Waals surface area (Å²) in [7, 11) is 0. The molecule has 2 atom stereocenters. The Labute approximate surface area is 123 Å². The second-order valence-electron chi connectivity index (χ2n) is 6.40. The summed E-state index contributed by atoms with van der Waals surface area (Å²) in [6.07, 6.45) is 4.31. The molecule has 0 aliphatic carbocycles. The van der Waals surface area contributed by atoms with E-state index < -0.39 is 0 Å². The van der Waals surface area contributed by atoms with Gasteiger partial charge in [0.05, 0.1) is 6.10 Å². The van der Waals surface area contributed by atoms with Crippen LogP contribution in [0.4, 0.5) is 5.69 Å². The molecule has 0 radical (unpaired) electrons. The minimum absolute atomic E-state index is 0.338. The van der Waals surface area contributed by atoms with Gasteiger partial charge in [0, 0.05) is 24.3 Å². The number of aliphatic hydroxyl groups is 1. The van der Waals surface area contributed by atoms with Gasteiger partial charge in [-0.1, -0.05) is 39.0 Å². The van der Waals surface area contributed by atoms with E-state index in [4.69, 9.17) is 0 Å². The maximum Gasteiger partial charge on any atom is 0.0807 e. The Morgan fingerprint density at radius 2 is 1.95 bits per heavy atom. The van der Waals surface area contributed by atoms with E-state index in [9.17, 15) is 5.11 Å². The van der Waals surface area contributed by atoms with Gasteiger partial charge in [0.1, 0.15) is 0 Å². The highest BCUT2D eigenvalue weighted by Gasteiger charge is 2.22. The van der Waals surface area contributed by atoms with Crippen LogP contribution in [0.2, 0.25) is 0 Å². The summed E-state index contributed by atoms with van der Waals surface area (Å²) in [5, 5.41) is 10.2. The third-order valence-electron chi connectivity index (χ3n) is 4.74.